The SMILES string of the molecule is CNCc1ccccc1S(=O)(=O)N1CCC(COC)CC1. The van der Waals surface area contributed by atoms with Crippen molar-refractivity contribution in [1.29, 1.82) is 0 Å². The predicted octanol–water partition coefficient (Wildman–Crippen LogP) is 1.45. The van der Waals surface area contributed by atoms with Gasteiger partial charge in [-0.1, -0.05) is 18.2 Å². The summed E-state index contributed by atoms with van der Waals surface area (Å²) in [6.45, 7) is 2.41. The Bertz CT molecular complexity index is 552. The van der Waals surface area contributed by atoms with Crippen LogP contribution in [0.5, 0.6) is 0 Å². The molecule has 5 nitrogen and oxygen atoms in total. The van der Waals surface area contributed by atoms with Crippen molar-refractivity contribution >= 4 is 10.0 Å². The van der Waals surface area contributed by atoms with Crippen molar-refractivity contribution in [3.8, 4) is 0 Å². The second-order valence-electron chi connectivity index (χ2n) is 5.44. The zero-order valence-electron chi connectivity index (χ0n) is 12.7. The van der Waals surface area contributed by atoms with Gasteiger partial charge in [-0.2, -0.15) is 4.31 Å². The largest absolute Gasteiger partial charge is 0.384 e. The van der Waals surface area contributed by atoms with Crippen LogP contribution in [-0.4, -0.2) is 46.6 Å². The molecule has 0 bridgehead atoms. The smallest absolute Gasteiger partial charge is 0.243 e. The van der Waals surface area contributed by atoms with Gasteiger partial charge in [0.2, 0.25) is 10.0 Å². The molecule has 0 spiro atoms. The van der Waals surface area contributed by atoms with Crippen molar-refractivity contribution in [2.75, 3.05) is 33.9 Å². The van der Waals surface area contributed by atoms with E-state index in [4.69, 9.17) is 4.74 Å². The van der Waals surface area contributed by atoms with Crippen LogP contribution in [0.4, 0.5) is 0 Å². The van der Waals surface area contributed by atoms with E-state index >= 15 is 0 Å². The van der Waals surface area contributed by atoms with E-state index in [-0.39, 0.29) is 0 Å². The first-order chi connectivity index (χ1) is 10.1. The molecular weight excluding hydrogens is 288 g/mol. The van der Waals surface area contributed by atoms with Gasteiger partial charge in [0.25, 0.3) is 0 Å². The summed E-state index contributed by atoms with van der Waals surface area (Å²) in [5, 5.41) is 3.02. The summed E-state index contributed by atoms with van der Waals surface area (Å²) < 4.78 is 32.4. The fourth-order valence-electron chi connectivity index (χ4n) is 2.78. The molecular formula is C15H24N2O3S. The number of nitrogens with one attached hydrogen (secondary N) is 1. The Morgan fingerprint density at radius 2 is 1.95 bits per heavy atom. The summed E-state index contributed by atoms with van der Waals surface area (Å²) in [6, 6.07) is 7.21. The Hall–Kier alpha value is -0.950. The molecule has 1 aliphatic rings. The lowest BCUT2D eigenvalue weighted by Gasteiger charge is -2.31. The van der Waals surface area contributed by atoms with Crippen LogP contribution >= 0.6 is 0 Å². The van der Waals surface area contributed by atoms with Gasteiger partial charge in [0.1, 0.15) is 0 Å². The van der Waals surface area contributed by atoms with Gasteiger partial charge < -0.3 is 10.1 Å². The molecule has 1 N–H and O–H groups in total. The summed E-state index contributed by atoms with van der Waals surface area (Å²) in [5.74, 6) is 0.467. The molecule has 118 valence electrons. The Morgan fingerprint density at radius 1 is 1.29 bits per heavy atom. The van der Waals surface area contributed by atoms with Crippen LogP contribution < -0.4 is 5.32 Å². The molecule has 21 heavy (non-hydrogen) atoms. The van der Waals surface area contributed by atoms with Crippen molar-refractivity contribution in [2.45, 2.75) is 24.3 Å². The Labute approximate surface area is 127 Å². The predicted molar refractivity (Wildman–Crippen MR) is 82.6 cm³/mol. The highest BCUT2D eigenvalue weighted by Gasteiger charge is 2.30. The van der Waals surface area contributed by atoms with E-state index in [1.54, 1.807) is 23.5 Å². The molecule has 1 aliphatic heterocycles. The van der Waals surface area contributed by atoms with Gasteiger partial charge in [-0.05, 0) is 37.4 Å². The van der Waals surface area contributed by atoms with Crippen LogP contribution in [0.25, 0.3) is 0 Å². The molecule has 0 saturated carbocycles. The molecule has 1 fully saturated rings. The van der Waals surface area contributed by atoms with Crippen molar-refractivity contribution in [3.05, 3.63) is 29.8 Å². The van der Waals surface area contributed by atoms with Crippen molar-refractivity contribution in [1.82, 2.24) is 9.62 Å². The third-order valence-electron chi connectivity index (χ3n) is 3.93. The number of methoxy groups -OCH3 is 1. The lowest BCUT2D eigenvalue weighted by atomic mass is 9.99. The van der Waals surface area contributed by atoms with E-state index in [2.05, 4.69) is 5.32 Å². The number of rotatable bonds is 6. The molecule has 6 heteroatoms. The second-order valence-corrected chi connectivity index (χ2v) is 7.35. The zero-order chi connectivity index (χ0) is 15.3. The van der Waals surface area contributed by atoms with Gasteiger partial charge in [0.05, 0.1) is 4.90 Å². The van der Waals surface area contributed by atoms with E-state index in [9.17, 15) is 8.42 Å². The molecule has 0 aliphatic carbocycles. The first kappa shape index (κ1) is 16.4. The Balaban J connectivity index is 2.16. The van der Waals surface area contributed by atoms with Crippen LogP contribution in [0, 0.1) is 5.92 Å². The lowest BCUT2D eigenvalue weighted by molar-refractivity contribution is 0.121. The molecule has 1 heterocycles. The molecule has 0 unspecified atom stereocenters. The van der Waals surface area contributed by atoms with E-state index in [1.807, 2.05) is 19.2 Å². The topological polar surface area (TPSA) is 58.6 Å². The summed E-state index contributed by atoms with van der Waals surface area (Å²) in [4.78, 5) is 0.421. The number of sulfonamides is 1. The fourth-order valence-corrected chi connectivity index (χ4v) is 4.47. The Morgan fingerprint density at radius 3 is 2.57 bits per heavy atom. The minimum atomic E-state index is -3.40. The third-order valence-corrected chi connectivity index (χ3v) is 5.93. The minimum absolute atomic E-state index is 0.421. The average molecular weight is 312 g/mol. The normalized spacial score (nSPS) is 18.0. The molecule has 2 rings (SSSR count). The van der Waals surface area contributed by atoms with E-state index in [0.29, 0.717) is 37.1 Å². The molecule has 1 aromatic rings. The first-order valence-corrected chi connectivity index (χ1v) is 8.75. The van der Waals surface area contributed by atoms with Crippen molar-refractivity contribution < 1.29 is 13.2 Å². The lowest BCUT2D eigenvalue weighted by Crippen LogP contribution is -2.39. The van der Waals surface area contributed by atoms with Crippen molar-refractivity contribution in [2.24, 2.45) is 5.92 Å². The maximum absolute atomic E-state index is 12.8. The number of benzene rings is 1. The second kappa shape index (κ2) is 7.35. The molecule has 1 saturated heterocycles. The van der Waals surface area contributed by atoms with Gasteiger partial charge in [0, 0.05) is 33.4 Å². The van der Waals surface area contributed by atoms with Gasteiger partial charge in [0.15, 0.2) is 0 Å². The number of ether oxygens (including phenoxy) is 1. The zero-order valence-corrected chi connectivity index (χ0v) is 13.5. The van der Waals surface area contributed by atoms with Crippen LogP contribution in [0.2, 0.25) is 0 Å². The maximum atomic E-state index is 12.8. The number of nitrogens with zero attached hydrogens (tertiary/aromatic N) is 1. The van der Waals surface area contributed by atoms with Crippen molar-refractivity contribution in [3.63, 3.8) is 0 Å². The third kappa shape index (κ3) is 3.83. The minimum Gasteiger partial charge on any atom is -0.384 e. The molecule has 1 aromatic carbocycles. The van der Waals surface area contributed by atoms with Gasteiger partial charge in [-0.25, -0.2) is 8.42 Å². The highest BCUT2D eigenvalue weighted by Crippen LogP contribution is 2.25. The van der Waals surface area contributed by atoms with Gasteiger partial charge in [-0.15, -0.1) is 0 Å². The summed E-state index contributed by atoms with van der Waals surface area (Å²) in [6.07, 6.45) is 1.72. The van der Waals surface area contributed by atoms with Crippen LogP contribution in [-0.2, 0) is 21.3 Å². The standard InChI is InChI=1S/C15H24N2O3S/c1-16-11-14-5-3-4-6-15(14)21(18,19)17-9-7-13(8-10-17)12-20-2/h3-6,13,16H,7-12H2,1-2H3. The maximum Gasteiger partial charge on any atom is 0.243 e. The van der Waals surface area contributed by atoms with E-state index < -0.39 is 10.0 Å². The summed E-state index contributed by atoms with van der Waals surface area (Å²) in [5.41, 5.74) is 0.819. The average Bonchev–Trinajstić information content (AvgIpc) is 2.49. The number of hydrogen-bond acceptors (Lipinski definition) is 4. The number of hydrogen-bond donors (Lipinski definition) is 1. The molecule has 0 amide bonds. The monoisotopic (exact) mass is 312 g/mol. The Kier molecular flexibility index (Phi) is 5.75. The van der Waals surface area contributed by atoms with Gasteiger partial charge >= 0.3 is 0 Å². The van der Waals surface area contributed by atoms with E-state index in [1.165, 1.54) is 0 Å². The summed E-state index contributed by atoms with van der Waals surface area (Å²) >= 11 is 0. The molecule has 0 atom stereocenters. The molecule has 0 aromatic heterocycles. The van der Waals surface area contributed by atoms with Crippen LogP contribution in [0.1, 0.15) is 18.4 Å². The van der Waals surface area contributed by atoms with Crippen LogP contribution in [0.15, 0.2) is 29.2 Å². The number of piperidine rings is 1. The fraction of sp³-hybridized carbons (Fsp3) is 0.600. The highest BCUT2D eigenvalue weighted by atomic mass is 32.2. The summed E-state index contributed by atoms with van der Waals surface area (Å²) in [7, 11) is 0.110. The first-order valence-electron chi connectivity index (χ1n) is 7.31. The molecule has 0 radical (unpaired) electrons. The van der Waals surface area contributed by atoms with Gasteiger partial charge in [-0.3, -0.25) is 0 Å². The van der Waals surface area contributed by atoms with E-state index in [0.717, 1.165) is 18.4 Å². The highest BCUT2D eigenvalue weighted by molar-refractivity contribution is 7.89. The van der Waals surface area contributed by atoms with Crippen LogP contribution in [0.3, 0.4) is 0 Å². The quantitative estimate of drug-likeness (QED) is 0.864.